The molecular formula is C25H32N4O5. The van der Waals surface area contributed by atoms with Crippen molar-refractivity contribution in [2.75, 3.05) is 60.2 Å². The number of carbonyl (C=O) groups excluding carboxylic acids is 2. The second kappa shape index (κ2) is 11.2. The fourth-order valence-corrected chi connectivity index (χ4v) is 4.17. The largest absolute Gasteiger partial charge is 0.497 e. The average molecular weight is 469 g/mol. The Morgan fingerprint density at radius 2 is 1.68 bits per heavy atom. The Balaban J connectivity index is 1.32. The highest BCUT2D eigenvalue weighted by atomic mass is 16.7. The lowest BCUT2D eigenvalue weighted by Gasteiger charge is -2.38. The number of fused-ring (bicyclic) bond motifs is 1. The van der Waals surface area contributed by atoms with Gasteiger partial charge in [-0.15, -0.1) is 0 Å². The Bertz CT molecular complexity index is 989. The molecule has 1 unspecified atom stereocenters. The number of rotatable bonds is 8. The number of hydrogen-bond acceptors (Lipinski definition) is 7. The summed E-state index contributed by atoms with van der Waals surface area (Å²) in [6, 6.07) is 13.4. The Morgan fingerprint density at radius 3 is 2.41 bits per heavy atom. The molecule has 1 saturated heterocycles. The van der Waals surface area contributed by atoms with Gasteiger partial charge in [0.1, 0.15) is 5.75 Å². The minimum Gasteiger partial charge on any atom is -0.497 e. The van der Waals surface area contributed by atoms with Gasteiger partial charge in [-0.2, -0.15) is 0 Å². The number of amides is 2. The van der Waals surface area contributed by atoms with E-state index in [4.69, 9.17) is 14.2 Å². The number of methoxy groups -OCH3 is 1. The number of nitrogens with one attached hydrogen (secondary N) is 2. The van der Waals surface area contributed by atoms with Crippen LogP contribution in [0.4, 0.5) is 0 Å². The molecule has 0 aromatic heterocycles. The number of ether oxygens (including phenoxy) is 3. The Hall–Kier alpha value is -3.30. The quantitative estimate of drug-likeness (QED) is 0.562. The highest BCUT2D eigenvalue weighted by Gasteiger charge is 2.27. The molecule has 0 radical (unpaired) electrons. The van der Waals surface area contributed by atoms with Crippen LogP contribution in [-0.2, 0) is 16.0 Å². The van der Waals surface area contributed by atoms with Gasteiger partial charge in [-0.3, -0.25) is 14.5 Å². The minimum atomic E-state index is -0.630. The molecular weight excluding hydrogens is 436 g/mol. The second-order valence-corrected chi connectivity index (χ2v) is 8.53. The van der Waals surface area contributed by atoms with Crippen LogP contribution in [0, 0.1) is 0 Å². The van der Waals surface area contributed by atoms with Crippen LogP contribution in [0.15, 0.2) is 42.5 Å². The van der Waals surface area contributed by atoms with E-state index in [1.165, 1.54) is 0 Å². The second-order valence-electron chi connectivity index (χ2n) is 8.53. The maximum Gasteiger partial charge on any atom is 0.309 e. The summed E-state index contributed by atoms with van der Waals surface area (Å²) < 4.78 is 16.1. The van der Waals surface area contributed by atoms with Crippen LogP contribution in [-0.4, -0.2) is 81.8 Å². The van der Waals surface area contributed by atoms with Crippen LogP contribution in [0.25, 0.3) is 0 Å². The van der Waals surface area contributed by atoms with Crippen LogP contribution in [0.3, 0.4) is 0 Å². The zero-order valence-corrected chi connectivity index (χ0v) is 19.7. The molecule has 9 heteroatoms. The molecule has 0 spiro atoms. The van der Waals surface area contributed by atoms with E-state index in [1.807, 2.05) is 42.5 Å². The van der Waals surface area contributed by atoms with Crippen molar-refractivity contribution >= 4 is 11.8 Å². The topological polar surface area (TPSA) is 92.4 Å². The van der Waals surface area contributed by atoms with Crippen LogP contribution >= 0.6 is 0 Å². The van der Waals surface area contributed by atoms with Crippen LogP contribution in [0.1, 0.15) is 17.2 Å². The molecule has 2 aliphatic rings. The third-order valence-electron chi connectivity index (χ3n) is 6.28. The van der Waals surface area contributed by atoms with Crippen molar-refractivity contribution in [1.29, 1.82) is 0 Å². The van der Waals surface area contributed by atoms with Crippen molar-refractivity contribution in [2.24, 2.45) is 0 Å². The van der Waals surface area contributed by atoms with E-state index in [9.17, 15) is 9.59 Å². The molecule has 2 heterocycles. The molecule has 1 atom stereocenters. The molecule has 2 aromatic carbocycles. The summed E-state index contributed by atoms with van der Waals surface area (Å²) in [4.78, 5) is 29.5. The normalized spacial score (nSPS) is 16.6. The van der Waals surface area contributed by atoms with Crippen LogP contribution in [0.5, 0.6) is 17.2 Å². The molecule has 2 N–H and O–H groups in total. The van der Waals surface area contributed by atoms with Gasteiger partial charge in [-0.25, -0.2) is 0 Å². The molecule has 2 aliphatic heterocycles. The van der Waals surface area contributed by atoms with Gasteiger partial charge in [0.2, 0.25) is 6.79 Å². The summed E-state index contributed by atoms with van der Waals surface area (Å²) >= 11 is 0. The number of carbonyl (C=O) groups is 2. The van der Waals surface area contributed by atoms with Gasteiger partial charge in [-0.05, 0) is 48.9 Å². The predicted octanol–water partition coefficient (Wildman–Crippen LogP) is 1.19. The van der Waals surface area contributed by atoms with Gasteiger partial charge in [-0.1, -0.05) is 18.2 Å². The van der Waals surface area contributed by atoms with Gasteiger partial charge >= 0.3 is 11.8 Å². The maximum absolute atomic E-state index is 12.5. The summed E-state index contributed by atoms with van der Waals surface area (Å²) in [5.41, 5.74) is 2.08. The summed E-state index contributed by atoms with van der Waals surface area (Å²) in [5, 5.41) is 5.53. The fourth-order valence-electron chi connectivity index (χ4n) is 4.17. The smallest absolute Gasteiger partial charge is 0.309 e. The highest BCUT2D eigenvalue weighted by molar-refractivity contribution is 6.35. The fraction of sp³-hybridized carbons (Fsp3) is 0.440. The molecule has 182 valence electrons. The molecule has 0 aliphatic carbocycles. The number of nitrogens with zero attached hydrogens (tertiary/aromatic N) is 2. The number of likely N-dealkylation sites (N-methyl/N-ethyl adjacent to an activating group) is 1. The molecule has 0 saturated carbocycles. The first-order valence-electron chi connectivity index (χ1n) is 11.5. The molecule has 2 aromatic rings. The first-order chi connectivity index (χ1) is 16.5. The van der Waals surface area contributed by atoms with Crippen LogP contribution < -0.4 is 24.8 Å². The van der Waals surface area contributed by atoms with E-state index in [0.717, 1.165) is 48.8 Å². The summed E-state index contributed by atoms with van der Waals surface area (Å²) in [6.07, 6.45) is 0.629. The summed E-state index contributed by atoms with van der Waals surface area (Å²) in [5.74, 6) is 0.954. The molecule has 2 amide bonds. The number of benzene rings is 2. The average Bonchev–Trinajstić information content (AvgIpc) is 3.33. The zero-order chi connectivity index (χ0) is 23.9. The Morgan fingerprint density at radius 1 is 0.971 bits per heavy atom. The molecule has 0 bridgehead atoms. The standard InChI is InChI=1S/C25H32N4O5/c1-28-11-13-29(14-12-28)21(19-5-8-22-23(15-19)34-17-33-22)16-27-25(31)24(30)26-10-9-18-3-6-20(32-2)7-4-18/h3-8,15,21H,9-14,16-17H2,1-2H3,(H,26,30)(H,27,31). The van der Waals surface area contributed by atoms with E-state index in [2.05, 4.69) is 27.5 Å². The lowest BCUT2D eigenvalue weighted by molar-refractivity contribution is -0.139. The van der Waals surface area contributed by atoms with E-state index in [1.54, 1.807) is 7.11 Å². The van der Waals surface area contributed by atoms with Gasteiger partial charge in [0.25, 0.3) is 0 Å². The number of piperazine rings is 1. The Labute approximate surface area is 200 Å². The first kappa shape index (κ1) is 23.8. The summed E-state index contributed by atoms with van der Waals surface area (Å²) in [6.45, 7) is 4.56. The first-order valence-corrected chi connectivity index (χ1v) is 11.5. The molecule has 1 fully saturated rings. The highest BCUT2D eigenvalue weighted by Crippen LogP contribution is 2.35. The molecule has 9 nitrogen and oxygen atoms in total. The van der Waals surface area contributed by atoms with Gasteiger partial charge in [0.05, 0.1) is 13.2 Å². The van der Waals surface area contributed by atoms with Crippen molar-refractivity contribution in [3.8, 4) is 17.2 Å². The van der Waals surface area contributed by atoms with E-state index >= 15 is 0 Å². The van der Waals surface area contributed by atoms with Crippen molar-refractivity contribution in [1.82, 2.24) is 20.4 Å². The number of hydrogen-bond donors (Lipinski definition) is 2. The van der Waals surface area contributed by atoms with Crippen LogP contribution in [0.2, 0.25) is 0 Å². The lowest BCUT2D eigenvalue weighted by atomic mass is 10.0. The maximum atomic E-state index is 12.5. The van der Waals surface area contributed by atoms with Crippen molar-refractivity contribution < 1.29 is 23.8 Å². The molecule has 34 heavy (non-hydrogen) atoms. The summed E-state index contributed by atoms with van der Waals surface area (Å²) in [7, 11) is 3.72. The predicted molar refractivity (Wildman–Crippen MR) is 127 cm³/mol. The van der Waals surface area contributed by atoms with Crippen molar-refractivity contribution in [2.45, 2.75) is 12.5 Å². The van der Waals surface area contributed by atoms with Gasteiger partial charge in [0.15, 0.2) is 11.5 Å². The van der Waals surface area contributed by atoms with Gasteiger partial charge in [0, 0.05) is 39.3 Å². The monoisotopic (exact) mass is 468 g/mol. The SMILES string of the molecule is COc1ccc(CCNC(=O)C(=O)NCC(c2ccc3c(c2)OCO3)N2CCN(C)CC2)cc1. The Kier molecular flexibility index (Phi) is 7.87. The zero-order valence-electron chi connectivity index (χ0n) is 19.7. The van der Waals surface area contributed by atoms with Crippen molar-refractivity contribution in [3.05, 3.63) is 53.6 Å². The van der Waals surface area contributed by atoms with E-state index in [0.29, 0.717) is 25.3 Å². The van der Waals surface area contributed by atoms with Gasteiger partial charge < -0.3 is 29.7 Å². The van der Waals surface area contributed by atoms with E-state index in [-0.39, 0.29) is 12.8 Å². The van der Waals surface area contributed by atoms with Crippen molar-refractivity contribution in [3.63, 3.8) is 0 Å². The minimum absolute atomic E-state index is 0.0701. The van der Waals surface area contributed by atoms with E-state index < -0.39 is 11.8 Å². The third-order valence-corrected chi connectivity index (χ3v) is 6.28. The third kappa shape index (κ3) is 5.98. The lowest BCUT2D eigenvalue weighted by Crippen LogP contribution is -2.49. The molecule has 4 rings (SSSR count).